The van der Waals surface area contributed by atoms with E-state index in [0.29, 0.717) is 17.5 Å². The first kappa shape index (κ1) is 14.4. The van der Waals surface area contributed by atoms with Crippen LogP contribution >= 0.6 is 34.7 Å². The van der Waals surface area contributed by atoms with Crippen LogP contribution < -0.4 is 5.32 Å². The lowest BCUT2D eigenvalue weighted by molar-refractivity contribution is 0.518. The van der Waals surface area contributed by atoms with Gasteiger partial charge in [-0.05, 0) is 12.1 Å². The first-order chi connectivity index (χ1) is 10.2. The molecule has 0 spiro atoms. The standard InChI is InChI=1S/C12H12ClN5OS2/c1-18-9(13)6-14-10(18)7-20-12-17-16-11(21-12)15-5-8-3-2-4-19-8/h2-4,6H,5,7H2,1H3,(H,15,16). The monoisotopic (exact) mass is 341 g/mol. The zero-order valence-corrected chi connectivity index (χ0v) is 13.5. The smallest absolute Gasteiger partial charge is 0.206 e. The Morgan fingerprint density at radius 2 is 2.38 bits per heavy atom. The van der Waals surface area contributed by atoms with Crippen LogP contribution in [0.4, 0.5) is 5.13 Å². The maximum absolute atomic E-state index is 5.95. The Bertz CT molecular complexity index is 709. The fourth-order valence-corrected chi connectivity index (χ4v) is 3.49. The van der Waals surface area contributed by atoms with E-state index in [4.69, 9.17) is 16.0 Å². The predicted molar refractivity (Wildman–Crippen MR) is 83.7 cm³/mol. The summed E-state index contributed by atoms with van der Waals surface area (Å²) in [6.45, 7) is 0.598. The number of nitrogens with one attached hydrogen (secondary N) is 1. The molecule has 110 valence electrons. The van der Waals surface area contributed by atoms with Gasteiger partial charge in [0.05, 0.1) is 24.8 Å². The Labute approximate surface area is 134 Å². The topological polar surface area (TPSA) is 68.8 Å². The molecule has 0 fully saturated rings. The van der Waals surface area contributed by atoms with E-state index >= 15 is 0 Å². The van der Waals surface area contributed by atoms with Crippen molar-refractivity contribution in [3.8, 4) is 0 Å². The molecule has 0 aliphatic rings. The normalized spacial score (nSPS) is 11.0. The number of anilines is 1. The molecule has 1 N–H and O–H groups in total. The van der Waals surface area contributed by atoms with Gasteiger partial charge < -0.3 is 14.3 Å². The third-order valence-corrected chi connectivity index (χ3v) is 5.11. The molecule has 3 aromatic heterocycles. The average Bonchev–Trinajstić information content (AvgIpc) is 3.20. The van der Waals surface area contributed by atoms with Crippen molar-refractivity contribution >= 4 is 39.8 Å². The van der Waals surface area contributed by atoms with Crippen LogP contribution in [0.15, 0.2) is 33.3 Å². The van der Waals surface area contributed by atoms with Crippen LogP contribution in [0.3, 0.4) is 0 Å². The number of hydrogen-bond donors (Lipinski definition) is 1. The Kier molecular flexibility index (Phi) is 4.47. The maximum atomic E-state index is 5.95. The largest absolute Gasteiger partial charge is 0.467 e. The molecule has 21 heavy (non-hydrogen) atoms. The lowest BCUT2D eigenvalue weighted by Crippen LogP contribution is -1.96. The first-order valence-electron chi connectivity index (χ1n) is 6.11. The van der Waals surface area contributed by atoms with Crippen LogP contribution in [-0.2, 0) is 19.3 Å². The summed E-state index contributed by atoms with van der Waals surface area (Å²) < 4.78 is 7.99. The van der Waals surface area contributed by atoms with Crippen LogP contribution in [0.1, 0.15) is 11.6 Å². The van der Waals surface area contributed by atoms with Gasteiger partial charge in [0.25, 0.3) is 0 Å². The molecule has 0 bridgehead atoms. The summed E-state index contributed by atoms with van der Waals surface area (Å²) in [5.41, 5.74) is 0. The van der Waals surface area contributed by atoms with Gasteiger partial charge in [-0.15, -0.1) is 10.2 Å². The van der Waals surface area contributed by atoms with Gasteiger partial charge in [0.15, 0.2) is 4.34 Å². The number of furan rings is 1. The molecule has 3 rings (SSSR count). The molecular formula is C12H12ClN5OS2. The van der Waals surface area contributed by atoms with Crippen molar-refractivity contribution < 1.29 is 4.42 Å². The second-order valence-corrected chi connectivity index (χ2v) is 6.74. The number of imidazole rings is 1. The molecule has 0 atom stereocenters. The lowest BCUT2D eigenvalue weighted by Gasteiger charge is -1.99. The van der Waals surface area contributed by atoms with Gasteiger partial charge in [-0.1, -0.05) is 34.7 Å². The van der Waals surface area contributed by atoms with E-state index in [-0.39, 0.29) is 0 Å². The number of rotatable bonds is 6. The highest BCUT2D eigenvalue weighted by Gasteiger charge is 2.09. The van der Waals surface area contributed by atoms with E-state index in [0.717, 1.165) is 21.1 Å². The minimum atomic E-state index is 0.598. The second-order valence-electron chi connectivity index (χ2n) is 4.15. The number of aromatic nitrogens is 4. The molecule has 0 unspecified atom stereocenters. The third-order valence-electron chi connectivity index (χ3n) is 2.75. The van der Waals surface area contributed by atoms with Crippen molar-refractivity contribution in [2.24, 2.45) is 7.05 Å². The predicted octanol–water partition coefficient (Wildman–Crippen LogP) is 3.42. The summed E-state index contributed by atoms with van der Waals surface area (Å²) >= 11 is 9.04. The Morgan fingerprint density at radius 3 is 3.10 bits per heavy atom. The van der Waals surface area contributed by atoms with E-state index in [9.17, 15) is 0 Å². The van der Waals surface area contributed by atoms with Crippen molar-refractivity contribution in [3.63, 3.8) is 0 Å². The minimum absolute atomic E-state index is 0.598. The van der Waals surface area contributed by atoms with Crippen molar-refractivity contribution in [1.29, 1.82) is 0 Å². The fourth-order valence-electron chi connectivity index (χ4n) is 1.60. The second kappa shape index (κ2) is 6.50. The summed E-state index contributed by atoms with van der Waals surface area (Å²) in [7, 11) is 1.89. The molecular weight excluding hydrogens is 330 g/mol. The number of halogens is 1. The van der Waals surface area contributed by atoms with Crippen LogP contribution in [0, 0.1) is 0 Å². The highest BCUT2D eigenvalue weighted by Crippen LogP contribution is 2.28. The fraction of sp³-hybridized carbons (Fsp3) is 0.250. The van der Waals surface area contributed by atoms with Crippen molar-refractivity contribution in [2.45, 2.75) is 16.6 Å². The van der Waals surface area contributed by atoms with Crippen molar-refractivity contribution in [2.75, 3.05) is 5.32 Å². The highest BCUT2D eigenvalue weighted by molar-refractivity contribution is 8.00. The van der Waals surface area contributed by atoms with Gasteiger partial charge in [0, 0.05) is 7.05 Å². The number of hydrogen-bond acceptors (Lipinski definition) is 7. The molecule has 0 aromatic carbocycles. The van der Waals surface area contributed by atoms with Gasteiger partial charge >= 0.3 is 0 Å². The molecule has 0 aliphatic heterocycles. The minimum Gasteiger partial charge on any atom is -0.467 e. The van der Waals surface area contributed by atoms with E-state index in [1.807, 2.05) is 23.7 Å². The molecule has 0 amide bonds. The van der Waals surface area contributed by atoms with E-state index in [1.54, 1.807) is 24.2 Å². The van der Waals surface area contributed by atoms with E-state index < -0.39 is 0 Å². The molecule has 0 saturated heterocycles. The Hall–Kier alpha value is -1.51. The van der Waals surface area contributed by atoms with Crippen LogP contribution in [0.25, 0.3) is 0 Å². The van der Waals surface area contributed by atoms with Crippen LogP contribution in [0.2, 0.25) is 5.15 Å². The van der Waals surface area contributed by atoms with Gasteiger partial charge in [-0.25, -0.2) is 4.98 Å². The van der Waals surface area contributed by atoms with Crippen molar-refractivity contribution in [1.82, 2.24) is 19.7 Å². The zero-order chi connectivity index (χ0) is 14.7. The van der Waals surface area contributed by atoms with E-state index in [2.05, 4.69) is 20.5 Å². The summed E-state index contributed by atoms with van der Waals surface area (Å²) in [5, 5.41) is 12.8. The SMILES string of the molecule is Cn1c(Cl)cnc1CSc1nnc(NCc2ccco2)s1. The number of nitrogens with zero attached hydrogens (tertiary/aromatic N) is 4. The lowest BCUT2D eigenvalue weighted by atomic mass is 10.4. The molecule has 6 nitrogen and oxygen atoms in total. The first-order valence-corrected chi connectivity index (χ1v) is 8.29. The van der Waals surface area contributed by atoms with Crippen LogP contribution in [0.5, 0.6) is 0 Å². The molecule has 9 heteroatoms. The Balaban J connectivity index is 1.54. The van der Waals surface area contributed by atoms with Gasteiger partial charge in [0.1, 0.15) is 16.7 Å². The summed E-state index contributed by atoms with van der Waals surface area (Å²) in [4.78, 5) is 4.25. The van der Waals surface area contributed by atoms with Gasteiger partial charge in [-0.2, -0.15) is 0 Å². The molecule has 0 radical (unpaired) electrons. The average molecular weight is 342 g/mol. The summed E-state index contributed by atoms with van der Waals surface area (Å²) in [5.74, 6) is 2.48. The Morgan fingerprint density at radius 1 is 1.48 bits per heavy atom. The molecule has 0 aliphatic carbocycles. The highest BCUT2D eigenvalue weighted by atomic mass is 35.5. The maximum Gasteiger partial charge on any atom is 0.206 e. The molecule has 3 aromatic rings. The van der Waals surface area contributed by atoms with Gasteiger partial charge in [0.2, 0.25) is 5.13 Å². The summed E-state index contributed by atoms with van der Waals surface area (Å²) in [6, 6.07) is 3.77. The van der Waals surface area contributed by atoms with Gasteiger partial charge in [-0.3, -0.25) is 0 Å². The van der Waals surface area contributed by atoms with E-state index in [1.165, 1.54) is 11.3 Å². The molecule has 0 saturated carbocycles. The summed E-state index contributed by atoms with van der Waals surface area (Å²) in [6.07, 6.45) is 3.30. The molecule has 3 heterocycles. The van der Waals surface area contributed by atoms with Crippen molar-refractivity contribution in [3.05, 3.63) is 41.3 Å². The third kappa shape index (κ3) is 3.58. The number of thioether (sulfide) groups is 1. The zero-order valence-electron chi connectivity index (χ0n) is 11.1. The quantitative estimate of drug-likeness (QED) is 0.693. The van der Waals surface area contributed by atoms with Crippen LogP contribution in [-0.4, -0.2) is 19.7 Å².